The molecule has 0 heterocycles. The highest BCUT2D eigenvalue weighted by molar-refractivity contribution is 5.95. The number of anilines is 1. The van der Waals surface area contributed by atoms with E-state index in [1.165, 1.54) is 19.2 Å². The number of aryl methyl sites for hydroxylation is 2. The molecule has 28 heavy (non-hydrogen) atoms. The van der Waals surface area contributed by atoms with Crippen molar-refractivity contribution < 1.29 is 27.5 Å². The third-order valence-corrected chi connectivity index (χ3v) is 3.99. The summed E-state index contributed by atoms with van der Waals surface area (Å²) in [5.41, 5.74) is 0.629. The van der Waals surface area contributed by atoms with Crippen molar-refractivity contribution in [2.75, 3.05) is 25.5 Å². The number of halogens is 3. The first-order chi connectivity index (χ1) is 13.1. The Morgan fingerprint density at radius 1 is 1.11 bits per heavy atom. The molecular weight excluding hydrogens is 373 g/mol. The number of ether oxygens (including phenoxy) is 1. The molecule has 2 rings (SSSR count). The molecule has 0 spiro atoms. The molecule has 0 atom stereocenters. The zero-order valence-electron chi connectivity index (χ0n) is 15.8. The van der Waals surface area contributed by atoms with Gasteiger partial charge in [0.25, 0.3) is 5.91 Å². The van der Waals surface area contributed by atoms with Gasteiger partial charge < -0.3 is 15.0 Å². The smallest absolute Gasteiger partial charge is 0.418 e. The number of nitrogens with one attached hydrogen (secondary N) is 1. The highest BCUT2D eigenvalue weighted by Crippen LogP contribution is 2.34. The van der Waals surface area contributed by atoms with Gasteiger partial charge in [-0.25, -0.2) is 0 Å². The van der Waals surface area contributed by atoms with Crippen LogP contribution in [0.4, 0.5) is 18.9 Å². The van der Waals surface area contributed by atoms with Crippen LogP contribution in [0.1, 0.15) is 16.7 Å². The van der Waals surface area contributed by atoms with Crippen molar-refractivity contribution in [3.63, 3.8) is 0 Å². The first kappa shape index (κ1) is 21.3. The second-order valence-corrected chi connectivity index (χ2v) is 6.40. The highest BCUT2D eigenvalue weighted by atomic mass is 19.4. The van der Waals surface area contributed by atoms with E-state index in [0.717, 1.165) is 28.2 Å². The van der Waals surface area contributed by atoms with E-state index in [2.05, 4.69) is 5.32 Å². The van der Waals surface area contributed by atoms with Gasteiger partial charge in [-0.1, -0.05) is 29.8 Å². The summed E-state index contributed by atoms with van der Waals surface area (Å²) < 4.78 is 44.4. The van der Waals surface area contributed by atoms with Crippen molar-refractivity contribution in [1.29, 1.82) is 0 Å². The molecule has 0 bridgehead atoms. The predicted octanol–water partition coefficient (Wildman–Crippen LogP) is 3.80. The Hall–Kier alpha value is -3.03. The zero-order chi connectivity index (χ0) is 20.9. The van der Waals surface area contributed by atoms with Crippen molar-refractivity contribution in [3.05, 3.63) is 59.2 Å². The van der Waals surface area contributed by atoms with Gasteiger partial charge in [-0.15, -0.1) is 0 Å². The van der Waals surface area contributed by atoms with Gasteiger partial charge in [-0.05, 0) is 37.6 Å². The lowest BCUT2D eigenvalue weighted by atomic mass is 10.1. The van der Waals surface area contributed by atoms with Gasteiger partial charge in [0.05, 0.1) is 17.8 Å². The molecule has 0 aliphatic heterocycles. The molecule has 0 saturated heterocycles. The second-order valence-electron chi connectivity index (χ2n) is 6.40. The minimum Gasteiger partial charge on any atom is -0.484 e. The van der Waals surface area contributed by atoms with E-state index < -0.39 is 30.1 Å². The normalized spacial score (nSPS) is 11.1. The van der Waals surface area contributed by atoms with Crippen molar-refractivity contribution in [3.8, 4) is 5.75 Å². The highest BCUT2D eigenvalue weighted by Gasteiger charge is 2.33. The number of alkyl halides is 3. The minimum atomic E-state index is -4.59. The fourth-order valence-corrected chi connectivity index (χ4v) is 2.54. The summed E-state index contributed by atoms with van der Waals surface area (Å²) >= 11 is 0. The van der Waals surface area contributed by atoms with Crippen LogP contribution in [-0.4, -0.2) is 36.9 Å². The summed E-state index contributed by atoms with van der Waals surface area (Å²) in [6.45, 7) is 3.10. The summed E-state index contributed by atoms with van der Waals surface area (Å²) in [6, 6.07) is 10.2. The molecule has 0 saturated carbocycles. The van der Waals surface area contributed by atoms with Crippen LogP contribution in [0.5, 0.6) is 5.75 Å². The monoisotopic (exact) mass is 394 g/mol. The van der Waals surface area contributed by atoms with Gasteiger partial charge in [-0.2, -0.15) is 13.2 Å². The van der Waals surface area contributed by atoms with E-state index in [1.54, 1.807) is 6.07 Å². The Morgan fingerprint density at radius 3 is 2.43 bits per heavy atom. The molecule has 2 aromatic carbocycles. The summed E-state index contributed by atoms with van der Waals surface area (Å²) in [6.07, 6.45) is -4.59. The molecular formula is C20H21F3N2O3. The molecule has 0 radical (unpaired) electrons. The van der Waals surface area contributed by atoms with Crippen LogP contribution in [0.15, 0.2) is 42.5 Å². The molecule has 1 N–H and O–H groups in total. The van der Waals surface area contributed by atoms with E-state index in [0.29, 0.717) is 5.75 Å². The zero-order valence-corrected chi connectivity index (χ0v) is 15.8. The number of likely N-dealkylation sites (N-methyl/N-ethyl adjacent to an activating group) is 1. The Labute approximate surface area is 161 Å². The lowest BCUT2D eigenvalue weighted by Crippen LogP contribution is -2.37. The van der Waals surface area contributed by atoms with E-state index in [1.807, 2.05) is 26.0 Å². The van der Waals surface area contributed by atoms with Crippen molar-refractivity contribution in [2.45, 2.75) is 20.0 Å². The number of nitrogens with zero attached hydrogens (tertiary/aromatic N) is 1. The van der Waals surface area contributed by atoms with Crippen molar-refractivity contribution in [2.24, 2.45) is 0 Å². The average Bonchev–Trinajstić information content (AvgIpc) is 2.60. The van der Waals surface area contributed by atoms with Crippen LogP contribution in [0.25, 0.3) is 0 Å². The predicted molar refractivity (Wildman–Crippen MR) is 99.1 cm³/mol. The topological polar surface area (TPSA) is 58.6 Å². The number of carbonyl (C=O) groups is 2. The average molecular weight is 394 g/mol. The number of benzene rings is 2. The number of para-hydroxylation sites is 1. The standard InChI is InChI=1S/C20H21F3N2O3/c1-13-8-9-17(14(2)10-13)28-12-19(27)25(3)11-18(26)24-16-7-5-4-6-15(16)20(21,22)23/h4-10H,11-12H2,1-3H3,(H,24,26). The Morgan fingerprint density at radius 2 is 1.79 bits per heavy atom. The Bertz CT molecular complexity index is 866. The third kappa shape index (κ3) is 5.73. The third-order valence-electron chi connectivity index (χ3n) is 3.99. The van der Waals surface area contributed by atoms with Crippen molar-refractivity contribution in [1.82, 2.24) is 4.90 Å². The minimum absolute atomic E-state index is 0.285. The molecule has 0 aliphatic carbocycles. The Balaban J connectivity index is 1.92. The number of hydrogen-bond acceptors (Lipinski definition) is 3. The van der Waals surface area contributed by atoms with Crippen molar-refractivity contribution >= 4 is 17.5 Å². The van der Waals surface area contributed by atoms with Crippen LogP contribution >= 0.6 is 0 Å². The SMILES string of the molecule is Cc1ccc(OCC(=O)N(C)CC(=O)Nc2ccccc2C(F)(F)F)c(C)c1. The van der Waals surface area contributed by atoms with E-state index in [9.17, 15) is 22.8 Å². The van der Waals surface area contributed by atoms with Crippen LogP contribution in [-0.2, 0) is 15.8 Å². The number of rotatable bonds is 6. The number of carbonyl (C=O) groups excluding carboxylic acids is 2. The molecule has 2 aromatic rings. The van der Waals surface area contributed by atoms with E-state index >= 15 is 0 Å². The fraction of sp³-hybridized carbons (Fsp3) is 0.300. The number of hydrogen-bond donors (Lipinski definition) is 1. The van der Waals surface area contributed by atoms with Gasteiger partial charge >= 0.3 is 6.18 Å². The van der Waals surface area contributed by atoms with Crippen LogP contribution in [0.3, 0.4) is 0 Å². The van der Waals surface area contributed by atoms with Gasteiger partial charge in [0.1, 0.15) is 5.75 Å². The van der Waals surface area contributed by atoms with Crippen LogP contribution in [0, 0.1) is 13.8 Å². The molecule has 0 aliphatic rings. The molecule has 5 nitrogen and oxygen atoms in total. The van der Waals surface area contributed by atoms with E-state index in [-0.39, 0.29) is 12.3 Å². The fourth-order valence-electron chi connectivity index (χ4n) is 2.54. The lowest BCUT2D eigenvalue weighted by Gasteiger charge is -2.19. The Kier molecular flexibility index (Phi) is 6.66. The molecule has 2 amide bonds. The van der Waals surface area contributed by atoms with Gasteiger partial charge in [0, 0.05) is 7.05 Å². The van der Waals surface area contributed by atoms with E-state index in [4.69, 9.17) is 4.74 Å². The maximum atomic E-state index is 13.0. The summed E-state index contributed by atoms with van der Waals surface area (Å²) in [4.78, 5) is 25.3. The quantitative estimate of drug-likeness (QED) is 0.811. The summed E-state index contributed by atoms with van der Waals surface area (Å²) in [5.74, 6) is -0.658. The first-order valence-electron chi connectivity index (χ1n) is 8.48. The molecule has 0 aromatic heterocycles. The van der Waals surface area contributed by atoms with Gasteiger partial charge in [0.15, 0.2) is 6.61 Å². The van der Waals surface area contributed by atoms with Crippen LogP contribution < -0.4 is 10.1 Å². The van der Waals surface area contributed by atoms with Gasteiger partial charge in [-0.3, -0.25) is 9.59 Å². The second kappa shape index (κ2) is 8.77. The summed E-state index contributed by atoms with van der Waals surface area (Å²) in [5, 5.41) is 2.20. The van der Waals surface area contributed by atoms with Crippen LogP contribution in [0.2, 0.25) is 0 Å². The maximum absolute atomic E-state index is 13.0. The first-order valence-corrected chi connectivity index (χ1v) is 8.48. The number of amides is 2. The van der Waals surface area contributed by atoms with Gasteiger partial charge in [0.2, 0.25) is 5.91 Å². The summed E-state index contributed by atoms with van der Waals surface area (Å²) in [7, 11) is 1.38. The largest absolute Gasteiger partial charge is 0.484 e. The molecule has 0 fully saturated rings. The molecule has 8 heteroatoms. The molecule has 0 unspecified atom stereocenters. The maximum Gasteiger partial charge on any atom is 0.418 e. The molecule has 150 valence electrons. The lowest BCUT2D eigenvalue weighted by molar-refractivity contribution is -0.137.